The van der Waals surface area contributed by atoms with Gasteiger partial charge in [-0.25, -0.2) is 4.79 Å². The summed E-state index contributed by atoms with van der Waals surface area (Å²) in [6, 6.07) is 6.13. The summed E-state index contributed by atoms with van der Waals surface area (Å²) in [6.07, 6.45) is 0. The van der Waals surface area contributed by atoms with Crippen molar-refractivity contribution in [2.75, 3.05) is 18.8 Å². The number of rotatable bonds is 5. The van der Waals surface area contributed by atoms with Crippen LogP contribution in [0.5, 0.6) is 0 Å². The average Bonchev–Trinajstić information content (AvgIpc) is 3.07. The van der Waals surface area contributed by atoms with Crippen molar-refractivity contribution in [3.63, 3.8) is 0 Å². The predicted molar refractivity (Wildman–Crippen MR) is 108 cm³/mol. The van der Waals surface area contributed by atoms with E-state index < -0.39 is 13.0 Å². The van der Waals surface area contributed by atoms with Gasteiger partial charge in [-0.2, -0.15) is 5.10 Å². The first kappa shape index (κ1) is 16.1. The molecule has 1 aromatic heterocycles. The summed E-state index contributed by atoms with van der Waals surface area (Å²) in [6.45, 7) is 5.46. The third-order valence-corrected chi connectivity index (χ3v) is 4.75. The van der Waals surface area contributed by atoms with Crippen LogP contribution >= 0.6 is 0 Å². The van der Waals surface area contributed by atoms with Gasteiger partial charge in [-0.3, -0.25) is 9.48 Å². The van der Waals surface area contributed by atoms with Crippen LogP contribution in [0.3, 0.4) is 0 Å². The molecule has 1 aliphatic rings. The minimum Gasteiger partial charge on any atom is -0.347 e. The maximum absolute atomic E-state index is 12.8. The fourth-order valence-electron chi connectivity index (χ4n) is 3.40. The highest BCUT2D eigenvalue weighted by atomic mass is 16.2. The van der Waals surface area contributed by atoms with Crippen molar-refractivity contribution in [2.45, 2.75) is 45.8 Å². The largest absolute Gasteiger partial charge is 0.347 e. The maximum atomic E-state index is 12.8. The molecule has 0 saturated carbocycles. The Balaban J connectivity index is 1.64. The standard InChI is InChI=1S/C20H28N6O2/c1-12(2)26-18-13(3)9-22-11-16(18)17(25-26)19(27)23-10-14-5-7-15(8-6-14)24-20(28)21-4/h5-8,12-13,22H,9-11H2,1-4H3,(H,23,27)(H2,21,24,28)/i4D3. The Bertz CT molecular complexity index is 953. The van der Waals surface area contributed by atoms with Gasteiger partial charge in [-0.05, 0) is 31.5 Å². The molecule has 8 heteroatoms. The topological polar surface area (TPSA) is 100 Å². The van der Waals surface area contributed by atoms with Gasteiger partial charge in [0.15, 0.2) is 5.69 Å². The van der Waals surface area contributed by atoms with E-state index >= 15 is 0 Å². The second-order valence-corrected chi connectivity index (χ2v) is 7.24. The molecule has 3 amide bonds. The Morgan fingerprint density at radius 2 is 2.11 bits per heavy atom. The van der Waals surface area contributed by atoms with Crippen molar-refractivity contribution < 1.29 is 13.7 Å². The van der Waals surface area contributed by atoms with E-state index in [0.29, 0.717) is 24.5 Å². The van der Waals surface area contributed by atoms with Crippen LogP contribution in [0.4, 0.5) is 10.5 Å². The first-order chi connectivity index (χ1) is 14.5. The van der Waals surface area contributed by atoms with Crippen molar-refractivity contribution in [1.82, 2.24) is 25.7 Å². The minimum atomic E-state index is -2.55. The zero-order chi connectivity index (χ0) is 22.8. The van der Waals surface area contributed by atoms with Crippen molar-refractivity contribution in [1.29, 1.82) is 0 Å². The van der Waals surface area contributed by atoms with E-state index in [1.165, 1.54) is 0 Å². The number of benzene rings is 1. The van der Waals surface area contributed by atoms with Crippen LogP contribution in [0.25, 0.3) is 0 Å². The molecular formula is C20H28N6O2. The smallest absolute Gasteiger partial charge is 0.318 e. The Kier molecular flexibility index (Phi) is 4.85. The fraction of sp³-hybridized carbons (Fsp3) is 0.450. The Morgan fingerprint density at radius 1 is 1.36 bits per heavy atom. The lowest BCUT2D eigenvalue weighted by Crippen LogP contribution is -2.30. The summed E-state index contributed by atoms with van der Waals surface area (Å²) in [4.78, 5) is 24.5. The van der Waals surface area contributed by atoms with E-state index in [2.05, 4.69) is 41.8 Å². The molecule has 28 heavy (non-hydrogen) atoms. The molecule has 3 rings (SSSR count). The zero-order valence-corrected chi connectivity index (χ0v) is 16.3. The summed E-state index contributed by atoms with van der Waals surface area (Å²) in [5.74, 6) is 0.0496. The summed E-state index contributed by atoms with van der Waals surface area (Å²) < 4.78 is 23.0. The lowest BCUT2D eigenvalue weighted by Gasteiger charge is -2.23. The van der Waals surface area contributed by atoms with Gasteiger partial charge in [0, 0.05) is 59.6 Å². The number of carbonyl (C=O) groups is 2. The Labute approximate surface area is 169 Å². The molecule has 1 aliphatic heterocycles. The summed E-state index contributed by atoms with van der Waals surface area (Å²) in [5, 5.41) is 15.1. The normalized spacial score (nSPS) is 17.9. The number of aromatic nitrogens is 2. The summed E-state index contributed by atoms with van der Waals surface area (Å²) >= 11 is 0. The minimum absolute atomic E-state index is 0.165. The number of hydrogen-bond acceptors (Lipinski definition) is 4. The quantitative estimate of drug-likeness (QED) is 0.633. The summed E-state index contributed by atoms with van der Waals surface area (Å²) in [5.41, 5.74) is 3.79. The van der Waals surface area contributed by atoms with Gasteiger partial charge in [0.2, 0.25) is 0 Å². The van der Waals surface area contributed by atoms with Gasteiger partial charge in [0.05, 0.1) is 0 Å². The second-order valence-electron chi connectivity index (χ2n) is 7.24. The number of hydrogen-bond donors (Lipinski definition) is 4. The first-order valence-corrected chi connectivity index (χ1v) is 9.33. The van der Waals surface area contributed by atoms with Crippen LogP contribution in [0.1, 0.15) is 64.2 Å². The number of carbonyl (C=O) groups excluding carboxylic acids is 2. The van der Waals surface area contributed by atoms with E-state index in [1.54, 1.807) is 24.3 Å². The lowest BCUT2D eigenvalue weighted by molar-refractivity contribution is 0.0944. The molecule has 0 aliphatic carbocycles. The highest BCUT2D eigenvalue weighted by Gasteiger charge is 2.29. The van der Waals surface area contributed by atoms with Gasteiger partial charge in [-0.1, -0.05) is 19.1 Å². The summed E-state index contributed by atoms with van der Waals surface area (Å²) in [7, 11) is 0. The molecular weight excluding hydrogens is 356 g/mol. The number of fused-ring (bicyclic) bond motifs is 1. The van der Waals surface area contributed by atoms with Gasteiger partial charge in [0.1, 0.15) is 0 Å². The average molecular weight is 388 g/mol. The fourth-order valence-corrected chi connectivity index (χ4v) is 3.40. The van der Waals surface area contributed by atoms with Crippen LogP contribution in [0.15, 0.2) is 24.3 Å². The van der Waals surface area contributed by atoms with E-state index in [9.17, 15) is 9.59 Å². The molecule has 150 valence electrons. The van der Waals surface area contributed by atoms with Crippen LogP contribution in [0, 0.1) is 0 Å². The molecule has 0 fully saturated rings. The van der Waals surface area contributed by atoms with Gasteiger partial charge < -0.3 is 21.3 Å². The molecule has 1 atom stereocenters. The maximum Gasteiger partial charge on any atom is 0.318 e. The van der Waals surface area contributed by atoms with Gasteiger partial charge >= 0.3 is 6.03 Å². The second kappa shape index (κ2) is 8.43. The number of amides is 3. The zero-order valence-electron chi connectivity index (χ0n) is 19.3. The third-order valence-electron chi connectivity index (χ3n) is 4.75. The molecule has 0 bridgehead atoms. The SMILES string of the molecule is [2H]C([2H])([2H])NC(=O)Nc1ccc(CNC(=O)c2nn(C(C)C)c3c2CNCC3C)cc1. The molecule has 0 spiro atoms. The molecule has 4 N–H and O–H groups in total. The lowest BCUT2D eigenvalue weighted by atomic mass is 9.97. The Morgan fingerprint density at radius 3 is 2.79 bits per heavy atom. The van der Waals surface area contributed by atoms with E-state index in [4.69, 9.17) is 4.11 Å². The number of urea groups is 1. The van der Waals surface area contributed by atoms with Crippen LogP contribution in [-0.4, -0.2) is 35.2 Å². The highest BCUT2D eigenvalue weighted by molar-refractivity contribution is 5.94. The molecule has 2 aromatic rings. The monoisotopic (exact) mass is 387 g/mol. The number of anilines is 1. The van der Waals surface area contributed by atoms with Gasteiger partial charge in [0.25, 0.3) is 5.91 Å². The van der Waals surface area contributed by atoms with Crippen molar-refractivity contribution >= 4 is 17.6 Å². The number of nitrogens with zero attached hydrogens (tertiary/aromatic N) is 2. The first-order valence-electron chi connectivity index (χ1n) is 10.8. The van der Waals surface area contributed by atoms with E-state index in [0.717, 1.165) is 23.4 Å². The molecule has 0 radical (unpaired) electrons. The van der Waals surface area contributed by atoms with Crippen molar-refractivity contribution in [2.24, 2.45) is 0 Å². The van der Waals surface area contributed by atoms with E-state index in [1.807, 2.05) is 10.00 Å². The number of nitrogens with one attached hydrogen (secondary N) is 4. The van der Waals surface area contributed by atoms with Crippen molar-refractivity contribution in [3.05, 3.63) is 46.8 Å². The third kappa shape index (κ3) is 4.17. The molecule has 1 aromatic carbocycles. The van der Waals surface area contributed by atoms with Crippen LogP contribution in [0.2, 0.25) is 0 Å². The highest BCUT2D eigenvalue weighted by Crippen LogP contribution is 2.28. The molecule has 0 saturated heterocycles. The Hall–Kier alpha value is -2.87. The molecule has 2 heterocycles. The van der Waals surface area contributed by atoms with Crippen LogP contribution < -0.4 is 21.3 Å². The molecule has 1 unspecified atom stereocenters. The van der Waals surface area contributed by atoms with E-state index in [-0.39, 0.29) is 17.9 Å². The molecule has 8 nitrogen and oxygen atoms in total. The van der Waals surface area contributed by atoms with Gasteiger partial charge in [-0.15, -0.1) is 0 Å². The van der Waals surface area contributed by atoms with Crippen molar-refractivity contribution in [3.8, 4) is 0 Å². The predicted octanol–water partition coefficient (Wildman–Crippen LogP) is 2.35. The van der Waals surface area contributed by atoms with Crippen LogP contribution in [-0.2, 0) is 13.1 Å².